The highest BCUT2D eigenvalue weighted by atomic mass is 16.3. The van der Waals surface area contributed by atoms with Crippen LogP contribution in [0.5, 0.6) is 0 Å². The molecule has 0 spiro atoms. The molecule has 0 bridgehead atoms. The van der Waals surface area contributed by atoms with Gasteiger partial charge in [-0.05, 0) is 11.3 Å². The first-order valence-electron chi connectivity index (χ1n) is 4.20. The summed E-state index contributed by atoms with van der Waals surface area (Å²) in [5, 5.41) is 9.70. The maximum atomic E-state index is 9.70. The third kappa shape index (κ3) is 3.21. The van der Waals surface area contributed by atoms with Gasteiger partial charge in [-0.25, -0.2) is 0 Å². The van der Waals surface area contributed by atoms with Crippen LogP contribution in [0.15, 0.2) is 0 Å². The predicted octanol–water partition coefficient (Wildman–Crippen LogP) is 1.38. The molecule has 0 rings (SSSR count). The van der Waals surface area contributed by atoms with E-state index in [9.17, 15) is 5.11 Å². The third-order valence-electron chi connectivity index (χ3n) is 2.02. The molecule has 0 aromatic heterocycles. The van der Waals surface area contributed by atoms with Crippen molar-refractivity contribution in [1.29, 1.82) is 0 Å². The van der Waals surface area contributed by atoms with E-state index in [1.165, 1.54) is 0 Å². The van der Waals surface area contributed by atoms with Gasteiger partial charge in [0.25, 0.3) is 0 Å². The van der Waals surface area contributed by atoms with Gasteiger partial charge in [-0.1, -0.05) is 34.6 Å². The van der Waals surface area contributed by atoms with Gasteiger partial charge in [0.2, 0.25) is 0 Å². The van der Waals surface area contributed by atoms with Gasteiger partial charge in [0, 0.05) is 6.04 Å². The first-order chi connectivity index (χ1) is 4.76. The van der Waals surface area contributed by atoms with E-state index in [0.29, 0.717) is 5.92 Å². The predicted molar refractivity (Wildman–Crippen MR) is 48.3 cm³/mol. The molecule has 1 unspecified atom stereocenters. The summed E-state index contributed by atoms with van der Waals surface area (Å²) in [7, 11) is 0. The highest BCUT2D eigenvalue weighted by Gasteiger charge is 2.29. The maximum Gasteiger partial charge on any atom is 0.0741 e. The average molecular weight is 159 g/mol. The Balaban J connectivity index is 4.13. The van der Waals surface area contributed by atoms with Gasteiger partial charge < -0.3 is 10.8 Å². The van der Waals surface area contributed by atoms with Crippen LogP contribution in [0, 0.1) is 11.3 Å². The summed E-state index contributed by atoms with van der Waals surface area (Å²) in [6.45, 7) is 10.1. The summed E-state index contributed by atoms with van der Waals surface area (Å²) < 4.78 is 0. The number of rotatable bonds is 2. The lowest BCUT2D eigenvalue weighted by atomic mass is 9.81. The fourth-order valence-corrected chi connectivity index (χ4v) is 0.942. The number of hydrogen-bond acceptors (Lipinski definition) is 2. The molecule has 0 fully saturated rings. The Bertz CT molecular complexity index is 115. The Morgan fingerprint density at radius 3 is 1.64 bits per heavy atom. The molecule has 0 radical (unpaired) electrons. The molecule has 2 atom stereocenters. The largest absolute Gasteiger partial charge is 0.391 e. The van der Waals surface area contributed by atoms with E-state index >= 15 is 0 Å². The Labute approximate surface area is 69.8 Å². The average Bonchev–Trinajstić information content (AvgIpc) is 1.82. The minimum atomic E-state index is -0.414. The van der Waals surface area contributed by atoms with Gasteiger partial charge in [0.05, 0.1) is 6.10 Å². The molecule has 0 aliphatic carbocycles. The van der Waals surface area contributed by atoms with Crippen LogP contribution in [0.25, 0.3) is 0 Å². The van der Waals surface area contributed by atoms with Crippen molar-refractivity contribution in [3.05, 3.63) is 0 Å². The van der Waals surface area contributed by atoms with Crippen molar-refractivity contribution in [2.75, 3.05) is 0 Å². The van der Waals surface area contributed by atoms with Crippen LogP contribution in [0.4, 0.5) is 0 Å². The topological polar surface area (TPSA) is 46.2 Å². The lowest BCUT2D eigenvalue weighted by Gasteiger charge is -2.32. The van der Waals surface area contributed by atoms with Crippen molar-refractivity contribution < 1.29 is 5.11 Å². The zero-order valence-corrected chi connectivity index (χ0v) is 8.26. The lowest BCUT2D eigenvalue weighted by molar-refractivity contribution is 0.0276. The van der Waals surface area contributed by atoms with E-state index in [1.807, 2.05) is 34.6 Å². The molecular formula is C9H21NO. The highest BCUT2D eigenvalue weighted by Crippen LogP contribution is 2.23. The molecule has 0 saturated heterocycles. The normalized spacial score (nSPS) is 18.5. The van der Waals surface area contributed by atoms with Crippen LogP contribution < -0.4 is 5.73 Å². The van der Waals surface area contributed by atoms with E-state index in [2.05, 4.69) is 0 Å². The van der Waals surface area contributed by atoms with Crippen molar-refractivity contribution in [1.82, 2.24) is 0 Å². The van der Waals surface area contributed by atoms with Gasteiger partial charge in [-0.3, -0.25) is 0 Å². The maximum absolute atomic E-state index is 9.70. The molecule has 0 aliphatic rings. The zero-order valence-electron chi connectivity index (χ0n) is 8.26. The van der Waals surface area contributed by atoms with Crippen LogP contribution in [0.3, 0.4) is 0 Å². The fraction of sp³-hybridized carbons (Fsp3) is 1.00. The quantitative estimate of drug-likeness (QED) is 0.639. The highest BCUT2D eigenvalue weighted by molar-refractivity contribution is 4.83. The van der Waals surface area contributed by atoms with Gasteiger partial charge in [0.1, 0.15) is 0 Å². The van der Waals surface area contributed by atoms with E-state index in [4.69, 9.17) is 5.73 Å². The standard InChI is InChI=1S/C9H21NO/c1-6(2)7(10)8(11)9(3,4)5/h6-8,11H,10H2,1-5H3/t7-,8?/m0/s1. The number of nitrogens with two attached hydrogens (primary N) is 1. The molecule has 3 N–H and O–H groups in total. The minimum Gasteiger partial charge on any atom is -0.391 e. The molecule has 0 aliphatic heterocycles. The second-order valence-corrected chi connectivity index (χ2v) is 4.63. The van der Waals surface area contributed by atoms with Crippen LogP contribution in [-0.4, -0.2) is 17.3 Å². The molecule has 68 valence electrons. The summed E-state index contributed by atoms with van der Waals surface area (Å²) in [5.41, 5.74) is 5.69. The molecule has 0 aromatic rings. The molecular weight excluding hydrogens is 138 g/mol. The van der Waals surface area contributed by atoms with Crippen LogP contribution in [0.2, 0.25) is 0 Å². The Hall–Kier alpha value is -0.0800. The fourth-order valence-electron chi connectivity index (χ4n) is 0.942. The van der Waals surface area contributed by atoms with Gasteiger partial charge in [-0.2, -0.15) is 0 Å². The van der Waals surface area contributed by atoms with Gasteiger partial charge in [-0.15, -0.1) is 0 Å². The Kier molecular flexibility index (Phi) is 3.52. The van der Waals surface area contributed by atoms with Crippen LogP contribution in [0.1, 0.15) is 34.6 Å². The smallest absolute Gasteiger partial charge is 0.0741 e. The number of aliphatic hydroxyl groups excluding tert-OH is 1. The van der Waals surface area contributed by atoms with E-state index < -0.39 is 6.10 Å². The molecule has 2 nitrogen and oxygen atoms in total. The Morgan fingerprint density at radius 2 is 1.55 bits per heavy atom. The Morgan fingerprint density at radius 1 is 1.18 bits per heavy atom. The molecule has 0 saturated carbocycles. The zero-order chi connectivity index (χ0) is 9.23. The molecule has 11 heavy (non-hydrogen) atoms. The summed E-state index contributed by atoms with van der Waals surface area (Å²) in [6, 6.07) is -0.116. The van der Waals surface area contributed by atoms with Crippen molar-refractivity contribution >= 4 is 0 Å². The van der Waals surface area contributed by atoms with E-state index in [-0.39, 0.29) is 11.5 Å². The van der Waals surface area contributed by atoms with Crippen LogP contribution >= 0.6 is 0 Å². The summed E-state index contributed by atoms with van der Waals surface area (Å²) in [4.78, 5) is 0. The van der Waals surface area contributed by atoms with E-state index in [1.54, 1.807) is 0 Å². The first kappa shape index (κ1) is 10.9. The van der Waals surface area contributed by atoms with Gasteiger partial charge in [0.15, 0.2) is 0 Å². The molecule has 2 heteroatoms. The van der Waals surface area contributed by atoms with Crippen molar-refractivity contribution in [2.24, 2.45) is 17.1 Å². The van der Waals surface area contributed by atoms with Crippen LogP contribution in [-0.2, 0) is 0 Å². The van der Waals surface area contributed by atoms with Crippen molar-refractivity contribution in [3.8, 4) is 0 Å². The number of aliphatic hydroxyl groups is 1. The monoisotopic (exact) mass is 159 g/mol. The van der Waals surface area contributed by atoms with Crippen molar-refractivity contribution in [2.45, 2.75) is 46.8 Å². The number of hydrogen-bond donors (Lipinski definition) is 2. The van der Waals surface area contributed by atoms with E-state index in [0.717, 1.165) is 0 Å². The lowest BCUT2D eigenvalue weighted by Crippen LogP contribution is -2.46. The second kappa shape index (κ2) is 3.55. The summed E-state index contributed by atoms with van der Waals surface area (Å²) in [6.07, 6.45) is -0.414. The SMILES string of the molecule is CC(C)[C@H](N)C(O)C(C)(C)C. The second-order valence-electron chi connectivity index (χ2n) is 4.63. The van der Waals surface area contributed by atoms with Gasteiger partial charge >= 0.3 is 0 Å². The molecule has 0 amide bonds. The summed E-state index contributed by atoms with van der Waals surface area (Å²) in [5.74, 6) is 0.337. The minimum absolute atomic E-state index is 0.107. The third-order valence-corrected chi connectivity index (χ3v) is 2.02. The van der Waals surface area contributed by atoms with Crippen molar-refractivity contribution in [3.63, 3.8) is 0 Å². The molecule has 0 heterocycles. The molecule has 0 aromatic carbocycles. The summed E-state index contributed by atoms with van der Waals surface area (Å²) >= 11 is 0. The first-order valence-corrected chi connectivity index (χ1v) is 4.20.